The number of hydrogen-bond acceptors (Lipinski definition) is 5. The molecular weight excluding hydrogens is 380 g/mol. The van der Waals surface area contributed by atoms with E-state index in [0.29, 0.717) is 0 Å². The van der Waals surface area contributed by atoms with Crippen molar-refractivity contribution in [2.24, 2.45) is 0 Å². The molecule has 2 atom stereocenters. The van der Waals surface area contributed by atoms with Crippen LogP contribution in [0.15, 0.2) is 54.9 Å². The Balaban J connectivity index is 1.23. The number of likely N-dealkylation sites (N-methyl/N-ethyl adjacent to an activating group) is 1. The molecule has 0 aliphatic carbocycles. The number of piperazine rings is 1. The zero-order valence-electron chi connectivity index (χ0n) is 17.1. The van der Waals surface area contributed by atoms with Crippen molar-refractivity contribution in [1.29, 1.82) is 0 Å². The van der Waals surface area contributed by atoms with Crippen LogP contribution in [-0.4, -0.2) is 77.2 Å². The van der Waals surface area contributed by atoms with Crippen molar-refractivity contribution >= 4 is 17.7 Å². The van der Waals surface area contributed by atoms with Crippen LogP contribution in [0.25, 0.3) is 0 Å². The molecule has 154 valence electrons. The van der Waals surface area contributed by atoms with Crippen LogP contribution >= 0.6 is 11.8 Å². The average Bonchev–Trinajstić information content (AvgIpc) is 3.16. The average molecular weight is 411 g/mol. The zero-order valence-corrected chi connectivity index (χ0v) is 17.9. The van der Waals surface area contributed by atoms with Gasteiger partial charge in [0.2, 0.25) is 5.91 Å². The number of thioether (sulfide) groups is 1. The van der Waals surface area contributed by atoms with Gasteiger partial charge in [-0.25, -0.2) is 0 Å². The first-order chi connectivity index (χ1) is 14.2. The lowest BCUT2D eigenvalue weighted by molar-refractivity contribution is -0.137. The number of carbonyl (C=O) groups is 1. The molecule has 0 N–H and O–H groups in total. The Hall–Kier alpha value is -1.89. The van der Waals surface area contributed by atoms with Crippen LogP contribution in [0.1, 0.15) is 22.9 Å². The Labute approximate surface area is 178 Å². The predicted molar refractivity (Wildman–Crippen MR) is 119 cm³/mol. The van der Waals surface area contributed by atoms with E-state index >= 15 is 0 Å². The van der Waals surface area contributed by atoms with E-state index in [0.717, 1.165) is 44.9 Å². The number of nitrogens with zero attached hydrogens (tertiary/aromatic N) is 4. The van der Waals surface area contributed by atoms with E-state index in [-0.39, 0.29) is 17.3 Å². The molecule has 0 bridgehead atoms. The Kier molecular flexibility index (Phi) is 6.85. The van der Waals surface area contributed by atoms with E-state index in [9.17, 15) is 4.79 Å². The summed E-state index contributed by atoms with van der Waals surface area (Å²) in [6, 6.07) is 14.7. The maximum Gasteiger partial charge on any atom is 0.240 e. The molecule has 0 radical (unpaired) electrons. The second kappa shape index (κ2) is 9.74. The summed E-state index contributed by atoms with van der Waals surface area (Å²) in [5.74, 6) is 1.14. The molecule has 2 aliphatic rings. The molecule has 2 fully saturated rings. The standard InChI is InChI=1S/C23H30N4OS/c1-25-21(18-29-23(25)20-10-5-11-24-17-20)22(28)27-15-13-26(14-16-27)12-6-9-19-7-3-2-4-8-19/h2-5,7-8,10-11,17,21,23H,6,9,12-16,18H2,1H3/t21-,23?/m0/s1. The van der Waals surface area contributed by atoms with Crippen molar-refractivity contribution < 1.29 is 4.79 Å². The molecule has 2 aromatic rings. The van der Waals surface area contributed by atoms with Crippen LogP contribution in [0.2, 0.25) is 0 Å². The van der Waals surface area contributed by atoms with E-state index in [4.69, 9.17) is 0 Å². The highest BCUT2D eigenvalue weighted by atomic mass is 32.2. The van der Waals surface area contributed by atoms with Gasteiger partial charge in [-0.05, 0) is 43.6 Å². The number of pyridine rings is 1. The van der Waals surface area contributed by atoms with Crippen molar-refractivity contribution in [2.45, 2.75) is 24.3 Å². The number of carbonyl (C=O) groups excluding carboxylic acids is 1. The van der Waals surface area contributed by atoms with Gasteiger partial charge >= 0.3 is 0 Å². The number of amides is 1. The van der Waals surface area contributed by atoms with E-state index < -0.39 is 0 Å². The van der Waals surface area contributed by atoms with Crippen LogP contribution in [-0.2, 0) is 11.2 Å². The molecule has 1 unspecified atom stereocenters. The minimum atomic E-state index is -0.0326. The summed E-state index contributed by atoms with van der Waals surface area (Å²) < 4.78 is 0. The summed E-state index contributed by atoms with van der Waals surface area (Å²) >= 11 is 1.84. The second-order valence-electron chi connectivity index (χ2n) is 7.91. The third kappa shape index (κ3) is 5.00. The fourth-order valence-corrected chi connectivity index (χ4v) is 5.69. The molecule has 0 spiro atoms. The normalized spacial score (nSPS) is 23.4. The SMILES string of the molecule is CN1C(c2cccnc2)SC[C@H]1C(=O)N1CCN(CCCc2ccccc2)CC1. The van der Waals surface area contributed by atoms with Gasteiger partial charge in [0, 0.05) is 44.3 Å². The lowest BCUT2D eigenvalue weighted by Crippen LogP contribution is -2.54. The topological polar surface area (TPSA) is 39.7 Å². The zero-order chi connectivity index (χ0) is 20.1. The van der Waals surface area contributed by atoms with Gasteiger partial charge in [0.05, 0.1) is 11.4 Å². The first-order valence-electron chi connectivity index (χ1n) is 10.5. The van der Waals surface area contributed by atoms with E-state index in [2.05, 4.69) is 63.1 Å². The Morgan fingerprint density at radius 1 is 1.10 bits per heavy atom. The Morgan fingerprint density at radius 2 is 1.90 bits per heavy atom. The van der Waals surface area contributed by atoms with Crippen molar-refractivity contribution in [3.8, 4) is 0 Å². The lowest BCUT2D eigenvalue weighted by Gasteiger charge is -2.37. The number of rotatable bonds is 6. The van der Waals surface area contributed by atoms with Gasteiger partial charge in [-0.2, -0.15) is 0 Å². The van der Waals surface area contributed by atoms with Gasteiger partial charge in [0.25, 0.3) is 0 Å². The van der Waals surface area contributed by atoms with Gasteiger partial charge in [-0.3, -0.25) is 19.6 Å². The first kappa shape index (κ1) is 20.4. The van der Waals surface area contributed by atoms with Gasteiger partial charge in [0.1, 0.15) is 0 Å². The van der Waals surface area contributed by atoms with Crippen LogP contribution in [0, 0.1) is 0 Å². The molecule has 0 saturated carbocycles. The number of benzene rings is 1. The maximum atomic E-state index is 13.1. The summed E-state index contributed by atoms with van der Waals surface area (Å²) in [5.41, 5.74) is 2.59. The molecule has 3 heterocycles. The van der Waals surface area contributed by atoms with Gasteiger partial charge < -0.3 is 4.90 Å². The molecule has 1 amide bonds. The van der Waals surface area contributed by atoms with Crippen LogP contribution < -0.4 is 0 Å². The highest BCUT2D eigenvalue weighted by molar-refractivity contribution is 7.99. The number of hydrogen-bond donors (Lipinski definition) is 0. The summed E-state index contributed by atoms with van der Waals surface area (Å²) in [6.07, 6.45) is 6.01. The van der Waals surface area contributed by atoms with E-state index in [1.54, 1.807) is 6.20 Å². The highest BCUT2D eigenvalue weighted by Crippen LogP contribution is 2.40. The van der Waals surface area contributed by atoms with Gasteiger partial charge in [0.15, 0.2) is 0 Å². The quantitative estimate of drug-likeness (QED) is 0.732. The molecule has 1 aromatic heterocycles. The van der Waals surface area contributed by atoms with Crippen molar-refractivity contribution in [3.63, 3.8) is 0 Å². The minimum Gasteiger partial charge on any atom is -0.339 e. The molecule has 29 heavy (non-hydrogen) atoms. The third-order valence-corrected chi connectivity index (χ3v) is 7.42. The van der Waals surface area contributed by atoms with E-state index in [1.807, 2.05) is 24.0 Å². The monoisotopic (exact) mass is 410 g/mol. The van der Waals surface area contributed by atoms with Crippen LogP contribution in [0.4, 0.5) is 0 Å². The molecule has 2 saturated heterocycles. The molecule has 2 aliphatic heterocycles. The van der Waals surface area contributed by atoms with E-state index in [1.165, 1.54) is 17.5 Å². The molecule has 1 aromatic carbocycles. The van der Waals surface area contributed by atoms with Crippen LogP contribution in [0.5, 0.6) is 0 Å². The lowest BCUT2D eigenvalue weighted by atomic mass is 10.1. The third-order valence-electron chi connectivity index (χ3n) is 5.99. The smallest absolute Gasteiger partial charge is 0.240 e. The first-order valence-corrected chi connectivity index (χ1v) is 11.6. The number of aryl methyl sites for hydroxylation is 1. The Morgan fingerprint density at radius 3 is 2.62 bits per heavy atom. The predicted octanol–water partition coefficient (Wildman–Crippen LogP) is 2.90. The summed E-state index contributed by atoms with van der Waals surface area (Å²) in [4.78, 5) is 24.2. The van der Waals surface area contributed by atoms with Gasteiger partial charge in [-0.1, -0.05) is 36.4 Å². The molecular formula is C23H30N4OS. The maximum absolute atomic E-state index is 13.1. The van der Waals surface area contributed by atoms with Crippen molar-refractivity contribution in [1.82, 2.24) is 19.7 Å². The number of aromatic nitrogens is 1. The molecule has 5 nitrogen and oxygen atoms in total. The summed E-state index contributed by atoms with van der Waals surface area (Å²) in [7, 11) is 2.07. The fraction of sp³-hybridized carbons (Fsp3) is 0.478. The largest absolute Gasteiger partial charge is 0.339 e. The second-order valence-corrected chi connectivity index (χ2v) is 9.02. The van der Waals surface area contributed by atoms with Crippen molar-refractivity contribution in [2.75, 3.05) is 45.5 Å². The van der Waals surface area contributed by atoms with Crippen LogP contribution in [0.3, 0.4) is 0 Å². The summed E-state index contributed by atoms with van der Waals surface area (Å²) in [5, 5.41) is 0.219. The Bertz CT molecular complexity index is 780. The fourth-order valence-electron chi connectivity index (χ4n) is 4.23. The van der Waals surface area contributed by atoms with Crippen molar-refractivity contribution in [3.05, 3.63) is 66.0 Å². The van der Waals surface area contributed by atoms with Gasteiger partial charge in [-0.15, -0.1) is 11.8 Å². The molecule has 6 heteroatoms. The highest BCUT2D eigenvalue weighted by Gasteiger charge is 2.39. The molecule has 4 rings (SSSR count). The summed E-state index contributed by atoms with van der Waals surface area (Å²) in [6.45, 7) is 4.76. The minimum absolute atomic E-state index is 0.0326.